The van der Waals surface area contributed by atoms with Crippen LogP contribution in [0.1, 0.15) is 26.7 Å². The summed E-state index contributed by atoms with van der Waals surface area (Å²) in [5.74, 6) is 0. The second kappa shape index (κ2) is 9.73. The minimum atomic E-state index is 0.448. The highest BCUT2D eigenvalue weighted by Gasteiger charge is 2.07. The summed E-state index contributed by atoms with van der Waals surface area (Å²) in [6.07, 6.45) is 1.47. The highest BCUT2D eigenvalue weighted by atomic mass is 32.1. The Bertz CT molecular complexity index is 535. The van der Waals surface area contributed by atoms with Crippen LogP contribution in [0, 0.1) is 0 Å². The van der Waals surface area contributed by atoms with Crippen LogP contribution in [0.5, 0.6) is 0 Å². The zero-order chi connectivity index (χ0) is 16.5. The maximum atomic E-state index is 5.23. The van der Waals surface area contributed by atoms with Gasteiger partial charge in [0.2, 0.25) is 0 Å². The average molecular weight is 371 g/mol. The first-order valence-electron chi connectivity index (χ1n) is 6.77. The van der Waals surface area contributed by atoms with Crippen LogP contribution < -0.4 is 21.3 Å². The number of hydrogen-bond donors (Lipinski definition) is 4. The summed E-state index contributed by atoms with van der Waals surface area (Å²) in [6.45, 7) is 3.93. The predicted molar refractivity (Wildman–Crippen MR) is 111 cm³/mol. The molecule has 0 fully saturated rings. The lowest BCUT2D eigenvalue weighted by Crippen LogP contribution is -2.34. The maximum Gasteiger partial charge on any atom is 0.175 e. The lowest BCUT2D eigenvalue weighted by Gasteiger charge is -2.16. The Balaban J connectivity index is 2.73. The molecule has 0 aromatic heterocycles. The number of benzene rings is 1. The average Bonchev–Trinajstić information content (AvgIpc) is 2.48. The summed E-state index contributed by atoms with van der Waals surface area (Å²) in [5.41, 5.74) is 1.59. The molecule has 1 rings (SSSR count). The van der Waals surface area contributed by atoms with Crippen LogP contribution in [-0.4, -0.2) is 20.2 Å². The Morgan fingerprint density at radius 1 is 0.773 bits per heavy atom. The fraction of sp³-hybridized carbons (Fsp3) is 0.286. The Morgan fingerprint density at radius 2 is 1.14 bits per heavy atom. The molecule has 0 aliphatic rings. The van der Waals surface area contributed by atoms with Crippen LogP contribution >= 0.6 is 48.9 Å². The van der Waals surface area contributed by atoms with E-state index in [1.807, 2.05) is 38.1 Å². The topological polar surface area (TPSA) is 48.1 Å². The molecule has 22 heavy (non-hydrogen) atoms. The van der Waals surface area contributed by atoms with E-state index in [4.69, 9.17) is 48.9 Å². The van der Waals surface area contributed by atoms with E-state index < -0.39 is 0 Å². The summed E-state index contributed by atoms with van der Waals surface area (Å²) in [7, 11) is 0. The zero-order valence-electron chi connectivity index (χ0n) is 12.4. The molecule has 8 heteroatoms. The van der Waals surface area contributed by atoms with Crippen molar-refractivity contribution >= 4 is 80.4 Å². The summed E-state index contributed by atoms with van der Waals surface area (Å²) in [4.78, 5) is 1.38. The minimum absolute atomic E-state index is 0.448. The van der Waals surface area contributed by atoms with Crippen molar-refractivity contribution < 1.29 is 0 Å². The third-order valence-electron chi connectivity index (χ3n) is 2.57. The van der Waals surface area contributed by atoms with Crippen molar-refractivity contribution in [2.24, 2.45) is 0 Å². The van der Waals surface area contributed by atoms with E-state index >= 15 is 0 Å². The van der Waals surface area contributed by atoms with Gasteiger partial charge in [0, 0.05) is 0 Å². The number of hydrogen-bond acceptors (Lipinski definition) is 4. The predicted octanol–water partition coefficient (Wildman–Crippen LogP) is 3.73. The van der Waals surface area contributed by atoms with Crippen molar-refractivity contribution in [2.75, 3.05) is 10.6 Å². The quantitative estimate of drug-likeness (QED) is 0.598. The number of nitrogens with one attached hydrogen (secondary N) is 4. The summed E-state index contributed by atoms with van der Waals surface area (Å²) in [5, 5.41) is 13.0. The first-order valence-corrected chi connectivity index (χ1v) is 8.40. The van der Waals surface area contributed by atoms with Crippen LogP contribution in [0.3, 0.4) is 0 Å². The molecule has 4 N–H and O–H groups in total. The molecule has 0 atom stereocenters. The lowest BCUT2D eigenvalue weighted by molar-refractivity contribution is 1.23. The summed E-state index contributed by atoms with van der Waals surface area (Å²) >= 11 is 20.7. The number of anilines is 2. The number of rotatable bonds is 4. The molecule has 1 aromatic carbocycles. The van der Waals surface area contributed by atoms with Gasteiger partial charge in [0.05, 0.1) is 21.4 Å². The summed E-state index contributed by atoms with van der Waals surface area (Å²) < 4.78 is 0. The minimum Gasteiger partial charge on any atom is -0.331 e. The van der Waals surface area contributed by atoms with Gasteiger partial charge in [-0.3, -0.25) is 0 Å². The molecule has 0 radical (unpaired) electrons. The lowest BCUT2D eigenvalue weighted by atomic mass is 10.2. The zero-order valence-corrected chi connectivity index (χ0v) is 15.6. The highest BCUT2D eigenvalue weighted by molar-refractivity contribution is 7.82. The van der Waals surface area contributed by atoms with Gasteiger partial charge in [0.1, 0.15) is 0 Å². The van der Waals surface area contributed by atoms with Gasteiger partial charge in [-0.2, -0.15) is 0 Å². The van der Waals surface area contributed by atoms with Gasteiger partial charge < -0.3 is 21.3 Å². The smallest absolute Gasteiger partial charge is 0.175 e. The van der Waals surface area contributed by atoms with Crippen molar-refractivity contribution in [1.82, 2.24) is 10.6 Å². The molecule has 118 valence electrons. The number of para-hydroxylation sites is 2. The maximum absolute atomic E-state index is 5.23. The molecule has 1 aromatic rings. The molecular formula is C14H18N4S4. The van der Waals surface area contributed by atoms with Gasteiger partial charge >= 0.3 is 0 Å². The van der Waals surface area contributed by atoms with Crippen molar-refractivity contribution in [2.45, 2.75) is 26.7 Å². The van der Waals surface area contributed by atoms with Gasteiger partial charge in [-0.15, -0.1) is 0 Å². The van der Waals surface area contributed by atoms with Crippen LogP contribution in [-0.2, 0) is 0 Å². The molecule has 0 unspecified atom stereocenters. The molecule has 0 saturated heterocycles. The molecule has 0 bridgehead atoms. The van der Waals surface area contributed by atoms with E-state index in [0.717, 1.165) is 24.2 Å². The van der Waals surface area contributed by atoms with Crippen LogP contribution in [0.4, 0.5) is 11.4 Å². The largest absolute Gasteiger partial charge is 0.331 e. The number of thiocarbonyl (C=S) groups is 4. The second-order valence-electron chi connectivity index (χ2n) is 4.26. The van der Waals surface area contributed by atoms with Gasteiger partial charge in [0.15, 0.2) is 10.2 Å². The van der Waals surface area contributed by atoms with Crippen molar-refractivity contribution in [1.29, 1.82) is 0 Å². The van der Waals surface area contributed by atoms with E-state index in [2.05, 4.69) is 21.3 Å². The van der Waals surface area contributed by atoms with Crippen molar-refractivity contribution in [3.63, 3.8) is 0 Å². The van der Waals surface area contributed by atoms with E-state index in [0.29, 0.717) is 20.2 Å². The van der Waals surface area contributed by atoms with E-state index in [9.17, 15) is 0 Å². The molecule has 0 aliphatic heterocycles. The molecule has 0 amide bonds. The monoisotopic (exact) mass is 370 g/mol. The summed E-state index contributed by atoms with van der Waals surface area (Å²) in [6, 6.07) is 7.60. The molecular weight excluding hydrogens is 352 g/mol. The third-order valence-corrected chi connectivity index (χ3v) is 3.76. The van der Waals surface area contributed by atoms with Crippen molar-refractivity contribution in [3.05, 3.63) is 24.3 Å². The molecule has 0 aliphatic carbocycles. The Kier molecular flexibility index (Phi) is 8.32. The Hall–Kier alpha value is -1.22. The van der Waals surface area contributed by atoms with Gasteiger partial charge in [-0.1, -0.05) is 50.4 Å². The van der Waals surface area contributed by atoms with Gasteiger partial charge in [-0.05, 0) is 49.4 Å². The first kappa shape index (κ1) is 18.8. The normalized spacial score (nSPS) is 9.55. The van der Waals surface area contributed by atoms with Gasteiger partial charge in [0.25, 0.3) is 0 Å². The fourth-order valence-electron chi connectivity index (χ4n) is 1.44. The van der Waals surface area contributed by atoms with Crippen LogP contribution in [0.25, 0.3) is 0 Å². The SMILES string of the molecule is CCC(=S)NC(=S)Nc1ccccc1NC(=S)NC(=S)CC. The van der Waals surface area contributed by atoms with E-state index in [1.54, 1.807) is 0 Å². The van der Waals surface area contributed by atoms with Crippen LogP contribution in [0.15, 0.2) is 24.3 Å². The van der Waals surface area contributed by atoms with Crippen LogP contribution in [0.2, 0.25) is 0 Å². The second-order valence-corrected chi connectivity index (χ2v) is 6.06. The standard InChI is InChI=1S/C14H18N4S4/c1-3-11(19)17-13(21)15-9-7-5-6-8-10(9)16-14(22)18-12(20)4-2/h5-8H,3-4H2,1-2H3,(H2,15,17,19,21)(H2,16,18,20,22). The van der Waals surface area contributed by atoms with E-state index in [-0.39, 0.29) is 0 Å². The van der Waals surface area contributed by atoms with Crippen molar-refractivity contribution in [3.8, 4) is 0 Å². The first-order chi connectivity index (χ1) is 10.5. The Labute approximate surface area is 152 Å². The molecule has 0 saturated carbocycles. The fourth-order valence-corrected chi connectivity index (χ4v) is 2.24. The molecule has 4 nitrogen and oxygen atoms in total. The third kappa shape index (κ3) is 6.69. The Morgan fingerprint density at radius 3 is 1.45 bits per heavy atom. The van der Waals surface area contributed by atoms with Gasteiger partial charge in [-0.25, -0.2) is 0 Å². The van der Waals surface area contributed by atoms with E-state index in [1.165, 1.54) is 0 Å². The highest BCUT2D eigenvalue weighted by Crippen LogP contribution is 2.20. The molecule has 0 heterocycles. The molecule has 0 spiro atoms.